The van der Waals surface area contributed by atoms with Crippen LogP contribution < -0.4 is 0 Å². The van der Waals surface area contributed by atoms with Crippen LogP contribution in [0.15, 0.2) is 12.1 Å². The first-order valence-corrected chi connectivity index (χ1v) is 5.29. The quantitative estimate of drug-likeness (QED) is 0.464. The normalized spacial score (nSPS) is 10.2. The van der Waals surface area contributed by atoms with Crippen LogP contribution >= 0.6 is 0 Å². The van der Waals surface area contributed by atoms with E-state index in [0.717, 1.165) is 0 Å². The number of benzene rings is 1. The average Bonchev–Trinajstić information content (AvgIpc) is 2.31. The third kappa shape index (κ3) is 3.58. The van der Waals surface area contributed by atoms with Crippen LogP contribution in [0.1, 0.15) is 30.1 Å². The molecule has 6 heteroatoms. The summed E-state index contributed by atoms with van der Waals surface area (Å²) in [7, 11) is 0. The maximum absolute atomic E-state index is 13.2. The Morgan fingerprint density at radius 1 is 1.06 bits per heavy atom. The number of hydrogen-bond donors (Lipinski definition) is 0. The molecule has 0 amide bonds. The number of halogens is 3. The van der Waals surface area contributed by atoms with Gasteiger partial charge in [-0.1, -0.05) is 0 Å². The van der Waals surface area contributed by atoms with Gasteiger partial charge >= 0.3 is 5.97 Å². The van der Waals surface area contributed by atoms with E-state index in [9.17, 15) is 22.8 Å². The van der Waals surface area contributed by atoms with Gasteiger partial charge in [0, 0.05) is 12.5 Å². The topological polar surface area (TPSA) is 43.4 Å². The minimum atomic E-state index is -1.37. The third-order valence-corrected chi connectivity index (χ3v) is 2.17. The van der Waals surface area contributed by atoms with Crippen LogP contribution in [0.3, 0.4) is 0 Å². The molecule has 0 radical (unpaired) electrons. The van der Waals surface area contributed by atoms with Gasteiger partial charge in [-0.25, -0.2) is 13.2 Å². The standard InChI is InChI=1S/C12H11F3O3/c1-2-18-12(17)4-3-11(16)7-5-9(14)10(15)6-8(7)13/h5-6H,2-4H2,1H3. The largest absolute Gasteiger partial charge is 0.466 e. The zero-order chi connectivity index (χ0) is 13.7. The van der Waals surface area contributed by atoms with Crippen LogP contribution in [0.25, 0.3) is 0 Å². The Balaban J connectivity index is 2.73. The lowest BCUT2D eigenvalue weighted by Gasteiger charge is -2.04. The molecular formula is C12H11F3O3. The number of hydrogen-bond acceptors (Lipinski definition) is 3. The first-order chi connectivity index (χ1) is 8.45. The van der Waals surface area contributed by atoms with E-state index >= 15 is 0 Å². The highest BCUT2D eigenvalue weighted by Crippen LogP contribution is 2.16. The van der Waals surface area contributed by atoms with Gasteiger partial charge in [-0.2, -0.15) is 0 Å². The van der Waals surface area contributed by atoms with Gasteiger partial charge in [0.05, 0.1) is 18.6 Å². The van der Waals surface area contributed by atoms with E-state index in [1.54, 1.807) is 6.92 Å². The van der Waals surface area contributed by atoms with Crippen molar-refractivity contribution in [3.05, 3.63) is 35.1 Å². The molecule has 0 bridgehead atoms. The molecule has 1 aromatic rings. The number of Topliss-reactive ketones (excluding diaryl/α,β-unsaturated/α-hetero) is 1. The summed E-state index contributed by atoms with van der Waals surface area (Å²) in [4.78, 5) is 22.5. The molecule has 0 fully saturated rings. The van der Waals surface area contributed by atoms with E-state index in [1.165, 1.54) is 0 Å². The minimum absolute atomic E-state index is 0.173. The Bertz CT molecular complexity index is 472. The molecule has 1 aromatic carbocycles. The fourth-order valence-corrected chi connectivity index (χ4v) is 1.32. The zero-order valence-electron chi connectivity index (χ0n) is 9.63. The van der Waals surface area contributed by atoms with Crippen molar-refractivity contribution >= 4 is 11.8 Å². The van der Waals surface area contributed by atoms with Gasteiger partial charge in [-0.15, -0.1) is 0 Å². The van der Waals surface area contributed by atoms with Crippen molar-refractivity contribution in [3.63, 3.8) is 0 Å². The summed E-state index contributed by atoms with van der Waals surface area (Å²) < 4.78 is 43.3. The van der Waals surface area contributed by atoms with E-state index < -0.39 is 34.8 Å². The van der Waals surface area contributed by atoms with Crippen LogP contribution in [0.4, 0.5) is 13.2 Å². The molecular weight excluding hydrogens is 249 g/mol. The summed E-state index contributed by atoms with van der Waals surface area (Å²) in [5.74, 6) is -5.21. The number of rotatable bonds is 5. The number of carbonyl (C=O) groups excluding carboxylic acids is 2. The van der Waals surface area contributed by atoms with Crippen LogP contribution in [-0.4, -0.2) is 18.4 Å². The lowest BCUT2D eigenvalue weighted by Crippen LogP contribution is -2.10. The van der Waals surface area contributed by atoms with Crippen LogP contribution in [0.5, 0.6) is 0 Å². The molecule has 0 unspecified atom stereocenters. The molecule has 0 N–H and O–H groups in total. The summed E-state index contributed by atoms with van der Waals surface area (Å²) in [5, 5.41) is 0. The highest BCUT2D eigenvalue weighted by Gasteiger charge is 2.17. The zero-order valence-corrected chi connectivity index (χ0v) is 9.63. The molecule has 0 aliphatic rings. The summed E-state index contributed by atoms with van der Waals surface area (Å²) in [6.07, 6.45) is -0.550. The minimum Gasteiger partial charge on any atom is -0.466 e. The van der Waals surface area contributed by atoms with Crippen molar-refractivity contribution in [2.45, 2.75) is 19.8 Å². The number of ketones is 1. The SMILES string of the molecule is CCOC(=O)CCC(=O)c1cc(F)c(F)cc1F. The molecule has 0 heterocycles. The van der Waals surface area contributed by atoms with Gasteiger partial charge in [0.15, 0.2) is 17.4 Å². The second kappa shape index (κ2) is 6.18. The Kier molecular flexibility index (Phi) is 4.88. The second-order valence-electron chi connectivity index (χ2n) is 3.47. The van der Waals surface area contributed by atoms with Gasteiger partial charge in [0.25, 0.3) is 0 Å². The van der Waals surface area contributed by atoms with Crippen molar-refractivity contribution in [2.24, 2.45) is 0 Å². The third-order valence-electron chi connectivity index (χ3n) is 2.17. The fraction of sp³-hybridized carbons (Fsp3) is 0.333. The first kappa shape index (κ1) is 14.2. The van der Waals surface area contributed by atoms with Crippen molar-refractivity contribution in [3.8, 4) is 0 Å². The lowest BCUT2D eigenvalue weighted by atomic mass is 10.1. The first-order valence-electron chi connectivity index (χ1n) is 5.29. The highest BCUT2D eigenvalue weighted by molar-refractivity contribution is 5.97. The van der Waals surface area contributed by atoms with Crippen LogP contribution in [0, 0.1) is 17.5 Å². The predicted molar refractivity (Wildman–Crippen MR) is 56.5 cm³/mol. The van der Waals surface area contributed by atoms with E-state index in [-0.39, 0.29) is 19.4 Å². The molecule has 0 aromatic heterocycles. The van der Waals surface area contributed by atoms with E-state index in [4.69, 9.17) is 0 Å². The molecule has 0 atom stereocenters. The van der Waals surface area contributed by atoms with Gasteiger partial charge in [-0.3, -0.25) is 9.59 Å². The fourth-order valence-electron chi connectivity index (χ4n) is 1.32. The molecule has 98 valence electrons. The molecule has 0 aliphatic heterocycles. The van der Waals surface area contributed by atoms with E-state index in [2.05, 4.69) is 4.74 Å². The highest BCUT2D eigenvalue weighted by atomic mass is 19.2. The molecule has 0 saturated carbocycles. The Hall–Kier alpha value is -1.85. The van der Waals surface area contributed by atoms with E-state index in [0.29, 0.717) is 12.1 Å². The maximum Gasteiger partial charge on any atom is 0.306 e. The molecule has 0 aliphatic carbocycles. The maximum atomic E-state index is 13.2. The van der Waals surface area contributed by atoms with Crippen molar-refractivity contribution < 1.29 is 27.5 Å². The summed E-state index contributed by atoms with van der Waals surface area (Å²) >= 11 is 0. The van der Waals surface area contributed by atoms with Gasteiger partial charge < -0.3 is 4.74 Å². The molecule has 0 spiro atoms. The Labute approximate surface area is 102 Å². The average molecular weight is 260 g/mol. The predicted octanol–water partition coefficient (Wildman–Crippen LogP) is 2.63. The number of esters is 1. The summed E-state index contributed by atoms with van der Waals surface area (Å²) in [5.41, 5.74) is -0.571. The van der Waals surface area contributed by atoms with Gasteiger partial charge in [0.1, 0.15) is 5.82 Å². The smallest absolute Gasteiger partial charge is 0.306 e. The Morgan fingerprint density at radius 3 is 2.28 bits per heavy atom. The molecule has 3 nitrogen and oxygen atoms in total. The molecule has 0 saturated heterocycles. The Morgan fingerprint density at radius 2 is 1.67 bits per heavy atom. The monoisotopic (exact) mass is 260 g/mol. The molecule has 1 rings (SSSR count). The summed E-state index contributed by atoms with van der Waals surface area (Å²) in [6, 6.07) is 0.783. The van der Waals surface area contributed by atoms with Crippen LogP contribution in [0.2, 0.25) is 0 Å². The summed E-state index contributed by atoms with van der Waals surface area (Å²) in [6.45, 7) is 1.78. The molecule has 18 heavy (non-hydrogen) atoms. The lowest BCUT2D eigenvalue weighted by molar-refractivity contribution is -0.143. The van der Waals surface area contributed by atoms with Crippen molar-refractivity contribution in [1.82, 2.24) is 0 Å². The number of ether oxygens (including phenoxy) is 1. The van der Waals surface area contributed by atoms with Crippen molar-refractivity contribution in [2.75, 3.05) is 6.61 Å². The van der Waals surface area contributed by atoms with Gasteiger partial charge in [0.2, 0.25) is 0 Å². The van der Waals surface area contributed by atoms with Gasteiger partial charge in [-0.05, 0) is 13.0 Å². The second-order valence-corrected chi connectivity index (χ2v) is 3.47. The van der Waals surface area contributed by atoms with Crippen LogP contribution in [-0.2, 0) is 9.53 Å². The number of carbonyl (C=O) groups is 2. The van der Waals surface area contributed by atoms with Crippen molar-refractivity contribution in [1.29, 1.82) is 0 Å². The van der Waals surface area contributed by atoms with E-state index in [1.807, 2.05) is 0 Å².